The normalized spacial score (nSPS) is 16.5. The fraction of sp³-hybridized carbons (Fsp3) is 0.500. The lowest BCUT2D eigenvalue weighted by Crippen LogP contribution is -2.39. The highest BCUT2D eigenvalue weighted by Gasteiger charge is 2.23. The largest absolute Gasteiger partial charge is 0.369 e. The monoisotopic (exact) mass is 263 g/mol. The maximum atomic E-state index is 12.1. The summed E-state index contributed by atoms with van der Waals surface area (Å²) in [6, 6.07) is 3.80. The van der Waals surface area contributed by atoms with Crippen molar-refractivity contribution >= 4 is 17.2 Å². The highest BCUT2D eigenvalue weighted by molar-refractivity contribution is 7.12. The van der Waals surface area contributed by atoms with Crippen molar-refractivity contribution in [1.82, 2.24) is 4.90 Å². The first-order valence-corrected chi connectivity index (χ1v) is 7.03. The van der Waals surface area contributed by atoms with Gasteiger partial charge in [0.1, 0.15) is 6.61 Å². The van der Waals surface area contributed by atoms with E-state index in [0.29, 0.717) is 19.1 Å². The van der Waals surface area contributed by atoms with Crippen molar-refractivity contribution in [2.24, 2.45) is 5.92 Å². The van der Waals surface area contributed by atoms with Crippen LogP contribution in [0.15, 0.2) is 17.5 Å². The molecule has 18 heavy (non-hydrogen) atoms. The second kappa shape index (κ2) is 6.58. The highest BCUT2D eigenvalue weighted by atomic mass is 32.1. The highest BCUT2D eigenvalue weighted by Crippen LogP contribution is 2.20. The van der Waals surface area contributed by atoms with Crippen LogP contribution in [0, 0.1) is 18.3 Å². The summed E-state index contributed by atoms with van der Waals surface area (Å²) < 4.78 is 5.35. The van der Waals surface area contributed by atoms with E-state index < -0.39 is 0 Å². The molecule has 0 radical (unpaired) electrons. The molecular formula is C14H17NO2S. The third-order valence-electron chi connectivity index (χ3n) is 3.17. The number of rotatable bonds is 4. The Bertz CT molecular complexity index is 414. The topological polar surface area (TPSA) is 29.5 Å². The van der Waals surface area contributed by atoms with Crippen molar-refractivity contribution in [2.75, 3.05) is 26.3 Å². The molecule has 1 saturated heterocycles. The van der Waals surface area contributed by atoms with E-state index in [1.54, 1.807) is 0 Å². The summed E-state index contributed by atoms with van der Waals surface area (Å²) in [5.74, 6) is 3.16. The summed E-state index contributed by atoms with van der Waals surface area (Å²) >= 11 is 1.50. The molecule has 1 aromatic heterocycles. The second-order valence-electron chi connectivity index (χ2n) is 4.43. The molecule has 1 amide bonds. The average Bonchev–Trinajstić information content (AvgIpc) is 2.93. The van der Waals surface area contributed by atoms with E-state index in [-0.39, 0.29) is 5.91 Å². The van der Waals surface area contributed by atoms with Gasteiger partial charge in [0.15, 0.2) is 0 Å². The molecule has 0 aliphatic carbocycles. The van der Waals surface area contributed by atoms with Crippen LogP contribution in [0.2, 0.25) is 0 Å². The van der Waals surface area contributed by atoms with Crippen LogP contribution in [0.1, 0.15) is 22.5 Å². The zero-order valence-corrected chi connectivity index (χ0v) is 11.1. The minimum atomic E-state index is 0.160. The second-order valence-corrected chi connectivity index (χ2v) is 5.38. The number of hydrogen-bond donors (Lipinski definition) is 0. The summed E-state index contributed by atoms with van der Waals surface area (Å²) in [6.45, 7) is 2.74. The van der Waals surface area contributed by atoms with E-state index in [0.717, 1.165) is 30.8 Å². The quantitative estimate of drug-likeness (QED) is 0.616. The Labute approximate surface area is 112 Å². The van der Waals surface area contributed by atoms with Crippen LogP contribution in [-0.4, -0.2) is 37.1 Å². The Hall–Kier alpha value is -1.31. The van der Waals surface area contributed by atoms with Gasteiger partial charge in [-0.2, -0.15) is 0 Å². The molecule has 2 rings (SSSR count). The molecule has 2 heterocycles. The van der Waals surface area contributed by atoms with Crippen LogP contribution in [0.4, 0.5) is 0 Å². The molecule has 1 fully saturated rings. The van der Waals surface area contributed by atoms with Gasteiger partial charge in [0.25, 0.3) is 5.91 Å². The summed E-state index contributed by atoms with van der Waals surface area (Å²) in [4.78, 5) is 14.9. The maximum Gasteiger partial charge on any atom is 0.263 e. The van der Waals surface area contributed by atoms with E-state index in [9.17, 15) is 4.79 Å². The molecule has 0 atom stereocenters. The molecule has 0 N–H and O–H groups in total. The van der Waals surface area contributed by atoms with E-state index in [1.807, 2.05) is 22.4 Å². The van der Waals surface area contributed by atoms with Crippen LogP contribution in [0.3, 0.4) is 0 Å². The molecular weight excluding hydrogens is 246 g/mol. The lowest BCUT2D eigenvalue weighted by molar-refractivity contribution is 0.0586. The first kappa shape index (κ1) is 13.1. The van der Waals surface area contributed by atoms with Crippen molar-refractivity contribution < 1.29 is 9.53 Å². The maximum absolute atomic E-state index is 12.1. The van der Waals surface area contributed by atoms with Crippen LogP contribution in [-0.2, 0) is 4.74 Å². The lowest BCUT2D eigenvalue weighted by Gasteiger charge is -2.31. The molecule has 1 aromatic rings. The van der Waals surface area contributed by atoms with Crippen LogP contribution in [0.25, 0.3) is 0 Å². The molecule has 0 spiro atoms. The summed E-state index contributed by atoms with van der Waals surface area (Å²) in [5.41, 5.74) is 0. The van der Waals surface area contributed by atoms with Gasteiger partial charge < -0.3 is 9.64 Å². The van der Waals surface area contributed by atoms with Gasteiger partial charge in [0.2, 0.25) is 0 Å². The molecule has 1 aliphatic rings. The molecule has 96 valence electrons. The fourth-order valence-corrected chi connectivity index (χ4v) is 2.83. The van der Waals surface area contributed by atoms with E-state index >= 15 is 0 Å². The summed E-state index contributed by atoms with van der Waals surface area (Å²) in [5, 5.41) is 1.94. The standard InChI is InChI=1S/C14H17NO2S/c1-2-9-17-11-12-5-7-15(8-6-12)14(16)13-4-3-10-18-13/h1,3-4,10,12H,5-9,11H2. The Morgan fingerprint density at radius 2 is 2.33 bits per heavy atom. The third kappa shape index (κ3) is 3.34. The lowest BCUT2D eigenvalue weighted by atomic mass is 9.98. The molecule has 0 aromatic carbocycles. The zero-order valence-electron chi connectivity index (χ0n) is 10.3. The Morgan fingerprint density at radius 1 is 1.56 bits per heavy atom. The number of thiophene rings is 1. The van der Waals surface area contributed by atoms with Gasteiger partial charge in [-0.1, -0.05) is 12.0 Å². The number of carbonyl (C=O) groups is 1. The number of nitrogens with zero attached hydrogens (tertiary/aromatic N) is 1. The van der Waals surface area contributed by atoms with Gasteiger partial charge >= 0.3 is 0 Å². The van der Waals surface area contributed by atoms with Crippen molar-refractivity contribution in [3.8, 4) is 12.3 Å². The number of likely N-dealkylation sites (tertiary alicyclic amines) is 1. The predicted octanol–water partition coefficient (Wildman–Crippen LogP) is 2.25. The Balaban J connectivity index is 1.77. The minimum absolute atomic E-state index is 0.160. The zero-order chi connectivity index (χ0) is 12.8. The smallest absolute Gasteiger partial charge is 0.263 e. The molecule has 3 nitrogen and oxygen atoms in total. The Morgan fingerprint density at radius 3 is 2.94 bits per heavy atom. The summed E-state index contributed by atoms with van der Waals surface area (Å²) in [7, 11) is 0. The Kier molecular flexibility index (Phi) is 4.80. The summed E-state index contributed by atoms with van der Waals surface area (Å²) in [6.07, 6.45) is 7.14. The average molecular weight is 263 g/mol. The van der Waals surface area contributed by atoms with Crippen molar-refractivity contribution in [2.45, 2.75) is 12.8 Å². The van der Waals surface area contributed by atoms with Crippen LogP contribution in [0.5, 0.6) is 0 Å². The number of amides is 1. The molecule has 0 bridgehead atoms. The molecule has 4 heteroatoms. The van der Waals surface area contributed by atoms with Crippen molar-refractivity contribution in [1.29, 1.82) is 0 Å². The number of terminal acetylenes is 1. The number of hydrogen-bond acceptors (Lipinski definition) is 3. The van der Waals surface area contributed by atoms with Gasteiger partial charge in [0.05, 0.1) is 11.5 Å². The minimum Gasteiger partial charge on any atom is -0.369 e. The van der Waals surface area contributed by atoms with E-state index in [2.05, 4.69) is 5.92 Å². The van der Waals surface area contributed by atoms with E-state index in [1.165, 1.54) is 11.3 Å². The van der Waals surface area contributed by atoms with E-state index in [4.69, 9.17) is 11.2 Å². The van der Waals surface area contributed by atoms with Crippen LogP contribution >= 0.6 is 11.3 Å². The van der Waals surface area contributed by atoms with Gasteiger partial charge in [-0.3, -0.25) is 4.79 Å². The first-order chi connectivity index (χ1) is 8.81. The van der Waals surface area contributed by atoms with Gasteiger partial charge in [0, 0.05) is 13.1 Å². The van der Waals surface area contributed by atoms with Crippen molar-refractivity contribution in [3.63, 3.8) is 0 Å². The number of piperidine rings is 1. The van der Waals surface area contributed by atoms with Gasteiger partial charge in [-0.25, -0.2) is 0 Å². The molecule has 1 aliphatic heterocycles. The molecule has 0 unspecified atom stereocenters. The van der Waals surface area contributed by atoms with Gasteiger partial charge in [-0.05, 0) is 30.2 Å². The number of carbonyl (C=O) groups excluding carboxylic acids is 1. The SMILES string of the molecule is C#CCOCC1CCN(C(=O)c2cccs2)CC1. The number of ether oxygens (including phenoxy) is 1. The third-order valence-corrected chi connectivity index (χ3v) is 4.03. The van der Waals surface area contributed by atoms with Crippen LogP contribution < -0.4 is 0 Å². The first-order valence-electron chi connectivity index (χ1n) is 6.15. The van der Waals surface area contributed by atoms with Gasteiger partial charge in [-0.15, -0.1) is 17.8 Å². The molecule has 0 saturated carbocycles. The predicted molar refractivity (Wildman–Crippen MR) is 72.6 cm³/mol. The fourth-order valence-electron chi connectivity index (χ4n) is 2.14. The van der Waals surface area contributed by atoms with Crippen molar-refractivity contribution in [3.05, 3.63) is 22.4 Å².